The van der Waals surface area contributed by atoms with Gasteiger partial charge < -0.3 is 10.2 Å². The molecule has 2 heteroatoms. The van der Waals surface area contributed by atoms with Crippen LogP contribution in [0.1, 0.15) is 51.9 Å². The van der Waals surface area contributed by atoms with Gasteiger partial charge in [-0.15, -0.1) is 0 Å². The maximum Gasteiger partial charge on any atom is 0.0192 e. The topological polar surface area (TPSA) is 15.3 Å². The third-order valence-electron chi connectivity index (χ3n) is 4.81. The van der Waals surface area contributed by atoms with Gasteiger partial charge in [0.2, 0.25) is 0 Å². The van der Waals surface area contributed by atoms with Crippen LogP contribution in [0.4, 0.5) is 0 Å². The Morgan fingerprint density at radius 2 is 2.06 bits per heavy atom. The van der Waals surface area contributed by atoms with Gasteiger partial charge in [0, 0.05) is 12.6 Å². The van der Waals surface area contributed by atoms with Crippen molar-refractivity contribution in [2.75, 3.05) is 26.7 Å². The van der Waals surface area contributed by atoms with Crippen LogP contribution in [0.25, 0.3) is 0 Å². The highest BCUT2D eigenvalue weighted by atomic mass is 15.2. The summed E-state index contributed by atoms with van der Waals surface area (Å²) >= 11 is 0. The van der Waals surface area contributed by atoms with Gasteiger partial charge in [-0.05, 0) is 57.7 Å². The molecule has 0 bridgehead atoms. The lowest BCUT2D eigenvalue weighted by atomic mass is 9.81. The van der Waals surface area contributed by atoms with Crippen molar-refractivity contribution in [2.24, 2.45) is 11.8 Å². The minimum atomic E-state index is 0.744. The standard InChI is InChI=1S/C15H30N2/c1-13-5-3-6-14(11-13)8-10-17-9-4-7-15(12-17)16-2/h13-16H,3-12H2,1-2H3. The highest BCUT2D eigenvalue weighted by molar-refractivity contribution is 4.78. The van der Waals surface area contributed by atoms with Crippen molar-refractivity contribution in [1.82, 2.24) is 10.2 Å². The predicted octanol–water partition coefficient (Wildman–Crippen LogP) is 2.89. The molecule has 1 saturated heterocycles. The van der Waals surface area contributed by atoms with E-state index in [2.05, 4.69) is 24.2 Å². The van der Waals surface area contributed by atoms with Crippen molar-refractivity contribution in [3.05, 3.63) is 0 Å². The summed E-state index contributed by atoms with van der Waals surface area (Å²) in [5, 5.41) is 3.44. The van der Waals surface area contributed by atoms with Gasteiger partial charge in [-0.25, -0.2) is 0 Å². The molecule has 1 aliphatic carbocycles. The summed E-state index contributed by atoms with van der Waals surface area (Å²) in [6.45, 7) is 6.39. The van der Waals surface area contributed by atoms with Crippen molar-refractivity contribution in [3.63, 3.8) is 0 Å². The van der Waals surface area contributed by atoms with Gasteiger partial charge in [-0.2, -0.15) is 0 Å². The zero-order valence-electron chi connectivity index (χ0n) is 11.8. The first-order valence-electron chi connectivity index (χ1n) is 7.67. The van der Waals surface area contributed by atoms with Crippen molar-refractivity contribution in [1.29, 1.82) is 0 Å². The van der Waals surface area contributed by atoms with Gasteiger partial charge in [0.1, 0.15) is 0 Å². The lowest BCUT2D eigenvalue weighted by Crippen LogP contribution is -2.44. The van der Waals surface area contributed by atoms with Gasteiger partial charge in [0.15, 0.2) is 0 Å². The summed E-state index contributed by atoms with van der Waals surface area (Å²) in [6, 6.07) is 0.744. The third-order valence-corrected chi connectivity index (χ3v) is 4.81. The molecule has 0 radical (unpaired) electrons. The number of likely N-dealkylation sites (N-methyl/N-ethyl adjacent to an activating group) is 1. The Bertz CT molecular complexity index is 217. The first kappa shape index (κ1) is 13.4. The number of hydrogen-bond donors (Lipinski definition) is 1. The second-order valence-corrected chi connectivity index (χ2v) is 6.35. The van der Waals surface area contributed by atoms with Crippen molar-refractivity contribution < 1.29 is 0 Å². The molecule has 0 aromatic carbocycles. The van der Waals surface area contributed by atoms with E-state index in [4.69, 9.17) is 0 Å². The molecule has 1 saturated carbocycles. The monoisotopic (exact) mass is 238 g/mol. The SMILES string of the molecule is CNC1CCCN(CCC2CCCC(C)C2)C1. The smallest absolute Gasteiger partial charge is 0.0192 e. The lowest BCUT2D eigenvalue weighted by molar-refractivity contribution is 0.168. The highest BCUT2D eigenvalue weighted by Gasteiger charge is 2.22. The Morgan fingerprint density at radius 1 is 1.18 bits per heavy atom. The average molecular weight is 238 g/mol. The molecule has 2 nitrogen and oxygen atoms in total. The maximum atomic E-state index is 3.44. The number of likely N-dealkylation sites (tertiary alicyclic amines) is 1. The lowest BCUT2D eigenvalue weighted by Gasteiger charge is -2.34. The number of nitrogens with one attached hydrogen (secondary N) is 1. The van der Waals surface area contributed by atoms with E-state index in [0.717, 1.165) is 17.9 Å². The quantitative estimate of drug-likeness (QED) is 0.810. The van der Waals surface area contributed by atoms with E-state index in [0.29, 0.717) is 0 Å². The molecule has 2 fully saturated rings. The van der Waals surface area contributed by atoms with Crippen LogP contribution in [-0.4, -0.2) is 37.6 Å². The van der Waals surface area contributed by atoms with Crippen LogP contribution in [0.15, 0.2) is 0 Å². The molecule has 0 spiro atoms. The summed E-state index contributed by atoms with van der Waals surface area (Å²) in [4.78, 5) is 2.68. The summed E-state index contributed by atoms with van der Waals surface area (Å²) < 4.78 is 0. The normalized spacial score (nSPS) is 36.0. The van der Waals surface area contributed by atoms with Crippen LogP contribution in [0, 0.1) is 11.8 Å². The first-order chi connectivity index (χ1) is 8.28. The molecule has 17 heavy (non-hydrogen) atoms. The Morgan fingerprint density at radius 3 is 2.82 bits per heavy atom. The fraction of sp³-hybridized carbons (Fsp3) is 1.00. The van der Waals surface area contributed by atoms with E-state index < -0.39 is 0 Å². The van der Waals surface area contributed by atoms with E-state index >= 15 is 0 Å². The number of nitrogens with zero attached hydrogens (tertiary/aromatic N) is 1. The number of hydrogen-bond acceptors (Lipinski definition) is 2. The van der Waals surface area contributed by atoms with Crippen LogP contribution in [0.3, 0.4) is 0 Å². The molecule has 0 aromatic heterocycles. The Kier molecular flexibility index (Phi) is 5.30. The van der Waals surface area contributed by atoms with Gasteiger partial charge in [-0.1, -0.05) is 26.2 Å². The fourth-order valence-electron chi connectivity index (χ4n) is 3.68. The summed E-state index contributed by atoms with van der Waals surface area (Å²) in [7, 11) is 2.11. The Labute approximate surface area is 107 Å². The molecule has 2 rings (SSSR count). The predicted molar refractivity (Wildman–Crippen MR) is 74.3 cm³/mol. The van der Waals surface area contributed by atoms with Crippen LogP contribution in [-0.2, 0) is 0 Å². The van der Waals surface area contributed by atoms with Gasteiger partial charge in [0.05, 0.1) is 0 Å². The minimum absolute atomic E-state index is 0.744. The molecular formula is C15H30N2. The molecule has 3 unspecified atom stereocenters. The largest absolute Gasteiger partial charge is 0.316 e. The van der Waals surface area contributed by atoms with Gasteiger partial charge >= 0.3 is 0 Å². The van der Waals surface area contributed by atoms with Crippen LogP contribution >= 0.6 is 0 Å². The third kappa shape index (κ3) is 4.26. The van der Waals surface area contributed by atoms with Crippen LogP contribution < -0.4 is 5.32 Å². The molecule has 100 valence electrons. The second-order valence-electron chi connectivity index (χ2n) is 6.35. The summed E-state index contributed by atoms with van der Waals surface area (Å²) in [6.07, 6.45) is 10.1. The first-order valence-corrected chi connectivity index (χ1v) is 7.67. The van der Waals surface area contributed by atoms with Gasteiger partial charge in [0.25, 0.3) is 0 Å². The van der Waals surface area contributed by atoms with E-state index in [1.165, 1.54) is 64.6 Å². The van der Waals surface area contributed by atoms with E-state index in [1.807, 2.05) is 0 Å². The molecule has 1 aliphatic heterocycles. The van der Waals surface area contributed by atoms with Crippen LogP contribution in [0.2, 0.25) is 0 Å². The molecule has 0 aromatic rings. The molecule has 3 atom stereocenters. The fourth-order valence-corrected chi connectivity index (χ4v) is 3.68. The van der Waals surface area contributed by atoms with E-state index in [1.54, 1.807) is 0 Å². The van der Waals surface area contributed by atoms with Crippen molar-refractivity contribution >= 4 is 0 Å². The van der Waals surface area contributed by atoms with E-state index in [-0.39, 0.29) is 0 Å². The Balaban J connectivity index is 1.66. The maximum absolute atomic E-state index is 3.44. The zero-order valence-corrected chi connectivity index (χ0v) is 11.8. The minimum Gasteiger partial charge on any atom is -0.316 e. The average Bonchev–Trinajstić information content (AvgIpc) is 2.37. The summed E-state index contributed by atoms with van der Waals surface area (Å²) in [5.74, 6) is 2.01. The zero-order chi connectivity index (χ0) is 12.1. The summed E-state index contributed by atoms with van der Waals surface area (Å²) in [5.41, 5.74) is 0. The van der Waals surface area contributed by atoms with Gasteiger partial charge in [-0.3, -0.25) is 0 Å². The van der Waals surface area contributed by atoms with E-state index in [9.17, 15) is 0 Å². The number of rotatable bonds is 4. The second kappa shape index (κ2) is 6.75. The Hall–Kier alpha value is -0.0800. The van der Waals surface area contributed by atoms with Crippen molar-refractivity contribution in [2.45, 2.75) is 57.9 Å². The van der Waals surface area contributed by atoms with Crippen LogP contribution in [0.5, 0.6) is 0 Å². The molecular weight excluding hydrogens is 208 g/mol. The van der Waals surface area contributed by atoms with Crippen molar-refractivity contribution in [3.8, 4) is 0 Å². The number of piperidine rings is 1. The molecule has 2 aliphatic rings. The molecule has 1 N–H and O–H groups in total. The highest BCUT2D eigenvalue weighted by Crippen LogP contribution is 2.30. The molecule has 0 amide bonds. The molecule has 1 heterocycles.